The van der Waals surface area contributed by atoms with Crippen LogP contribution in [-0.4, -0.2) is 26.3 Å². The lowest BCUT2D eigenvalue weighted by Crippen LogP contribution is -2.20. The van der Waals surface area contributed by atoms with Crippen molar-refractivity contribution in [1.82, 2.24) is 9.36 Å². The number of nitrogens with zero attached hydrogens (tertiary/aromatic N) is 2. The maximum Gasteiger partial charge on any atom is 0.169 e. The van der Waals surface area contributed by atoms with Crippen molar-refractivity contribution in [1.29, 1.82) is 0 Å². The second-order valence-corrected chi connectivity index (χ2v) is 5.75. The Morgan fingerprint density at radius 1 is 1.57 bits per heavy atom. The topological polar surface area (TPSA) is 46.0 Å². The minimum atomic E-state index is -0.0660. The molecule has 2 unspecified atom stereocenters. The molecule has 1 aromatic heterocycles. The van der Waals surface area contributed by atoms with Crippen LogP contribution in [0.3, 0.4) is 0 Å². The van der Waals surface area contributed by atoms with Crippen LogP contribution in [0.2, 0.25) is 0 Å². The molecular formula is C9H14N2OS2. The van der Waals surface area contributed by atoms with E-state index in [-0.39, 0.29) is 6.10 Å². The van der Waals surface area contributed by atoms with Crippen LogP contribution >= 0.6 is 23.3 Å². The highest BCUT2D eigenvalue weighted by Gasteiger charge is 2.20. The summed E-state index contributed by atoms with van der Waals surface area (Å²) >= 11 is 3.22. The van der Waals surface area contributed by atoms with Gasteiger partial charge in [-0.05, 0) is 36.7 Å². The molecule has 0 radical (unpaired) electrons. The summed E-state index contributed by atoms with van der Waals surface area (Å²) in [4.78, 5) is 4.13. The first-order valence-corrected chi connectivity index (χ1v) is 6.68. The Balaban J connectivity index is 1.75. The van der Waals surface area contributed by atoms with Gasteiger partial charge in [0.2, 0.25) is 0 Å². The monoisotopic (exact) mass is 230 g/mol. The molecule has 1 aliphatic carbocycles. The Bertz CT molecular complexity index is 266. The van der Waals surface area contributed by atoms with Crippen molar-refractivity contribution in [2.75, 3.05) is 5.75 Å². The maximum absolute atomic E-state index is 9.50. The van der Waals surface area contributed by atoms with Crippen molar-refractivity contribution >= 4 is 23.3 Å². The second-order valence-electron chi connectivity index (χ2n) is 3.70. The zero-order valence-corrected chi connectivity index (χ0v) is 9.56. The zero-order chi connectivity index (χ0) is 9.80. The van der Waals surface area contributed by atoms with Crippen molar-refractivity contribution in [3.63, 3.8) is 0 Å². The van der Waals surface area contributed by atoms with E-state index >= 15 is 0 Å². The van der Waals surface area contributed by atoms with Gasteiger partial charge in [-0.3, -0.25) is 0 Å². The first-order valence-electron chi connectivity index (χ1n) is 4.92. The lowest BCUT2D eigenvalue weighted by molar-refractivity contribution is 0.107. The van der Waals surface area contributed by atoms with E-state index in [2.05, 4.69) is 9.36 Å². The molecule has 3 nitrogen and oxygen atoms in total. The summed E-state index contributed by atoms with van der Waals surface area (Å²) in [6.07, 6.45) is 5.91. The fourth-order valence-corrected chi connectivity index (χ4v) is 3.46. The van der Waals surface area contributed by atoms with Gasteiger partial charge in [0, 0.05) is 5.75 Å². The van der Waals surface area contributed by atoms with E-state index in [1.54, 1.807) is 18.1 Å². The van der Waals surface area contributed by atoms with Gasteiger partial charge in [-0.15, -0.1) is 0 Å². The average Bonchev–Trinajstić information content (AvgIpc) is 2.67. The lowest BCUT2D eigenvalue weighted by atomic mass is 9.89. The van der Waals surface area contributed by atoms with Crippen LogP contribution in [0.4, 0.5) is 0 Å². The smallest absolute Gasteiger partial charge is 0.169 e. The quantitative estimate of drug-likeness (QED) is 0.808. The van der Waals surface area contributed by atoms with E-state index in [0.717, 1.165) is 22.9 Å². The fourth-order valence-electron chi connectivity index (χ4n) is 1.83. The normalized spacial score (nSPS) is 27.8. The van der Waals surface area contributed by atoms with E-state index in [1.807, 2.05) is 0 Å². The third kappa shape index (κ3) is 2.93. The predicted octanol–water partition coefficient (Wildman–Crippen LogP) is 2.18. The second kappa shape index (κ2) is 5.09. The van der Waals surface area contributed by atoms with Crippen LogP contribution in [0.5, 0.6) is 0 Å². The molecule has 0 aromatic carbocycles. The third-order valence-corrected chi connectivity index (χ3v) is 4.57. The molecule has 0 saturated heterocycles. The summed E-state index contributed by atoms with van der Waals surface area (Å²) in [7, 11) is 0. The minimum Gasteiger partial charge on any atom is -0.393 e. The number of hydrogen-bond acceptors (Lipinski definition) is 5. The number of hydrogen-bond donors (Lipinski definition) is 1. The standard InChI is InChI=1S/C9H14N2OS2/c12-8-3-1-2-7(4-8)5-13-9-10-6-11-14-9/h6-8,12H,1-5H2. The summed E-state index contributed by atoms with van der Waals surface area (Å²) in [6.45, 7) is 0. The Labute approximate surface area is 92.1 Å². The number of aliphatic hydroxyl groups is 1. The van der Waals surface area contributed by atoms with Crippen LogP contribution in [0.1, 0.15) is 25.7 Å². The van der Waals surface area contributed by atoms with Crippen molar-refractivity contribution in [2.45, 2.75) is 36.1 Å². The molecule has 1 N–H and O–H groups in total. The summed E-state index contributed by atoms with van der Waals surface area (Å²) in [5.41, 5.74) is 0. The van der Waals surface area contributed by atoms with Gasteiger partial charge >= 0.3 is 0 Å². The molecule has 14 heavy (non-hydrogen) atoms. The zero-order valence-electron chi connectivity index (χ0n) is 7.93. The fraction of sp³-hybridized carbons (Fsp3) is 0.778. The number of thioether (sulfide) groups is 1. The highest BCUT2D eigenvalue weighted by molar-refractivity contribution is 8.00. The maximum atomic E-state index is 9.50. The van der Waals surface area contributed by atoms with E-state index in [0.29, 0.717) is 5.92 Å². The molecule has 1 saturated carbocycles. The van der Waals surface area contributed by atoms with Crippen LogP contribution in [0.15, 0.2) is 10.7 Å². The van der Waals surface area contributed by atoms with Crippen molar-refractivity contribution < 1.29 is 5.11 Å². The molecule has 0 amide bonds. The Kier molecular flexibility index (Phi) is 3.78. The molecule has 1 aromatic rings. The molecule has 0 bridgehead atoms. The summed E-state index contributed by atoms with van der Waals surface area (Å²) in [5, 5.41) is 9.50. The van der Waals surface area contributed by atoms with Crippen LogP contribution < -0.4 is 0 Å². The third-order valence-electron chi connectivity index (χ3n) is 2.54. The number of rotatable bonds is 3. The molecule has 0 aliphatic heterocycles. The van der Waals surface area contributed by atoms with Crippen LogP contribution in [-0.2, 0) is 0 Å². The van der Waals surface area contributed by atoms with Gasteiger partial charge in [0.1, 0.15) is 6.33 Å². The molecule has 1 fully saturated rings. The Hall–Kier alpha value is -0.130. The molecule has 78 valence electrons. The lowest BCUT2D eigenvalue weighted by Gasteiger charge is -2.24. The highest BCUT2D eigenvalue weighted by Crippen LogP contribution is 2.30. The van der Waals surface area contributed by atoms with Gasteiger partial charge in [0.25, 0.3) is 0 Å². The first-order chi connectivity index (χ1) is 6.84. The molecule has 1 heterocycles. The predicted molar refractivity (Wildman–Crippen MR) is 58.6 cm³/mol. The Morgan fingerprint density at radius 2 is 2.50 bits per heavy atom. The van der Waals surface area contributed by atoms with Gasteiger partial charge < -0.3 is 5.11 Å². The van der Waals surface area contributed by atoms with E-state index in [9.17, 15) is 5.11 Å². The van der Waals surface area contributed by atoms with Crippen molar-refractivity contribution in [2.24, 2.45) is 5.92 Å². The van der Waals surface area contributed by atoms with Crippen LogP contribution in [0.25, 0.3) is 0 Å². The van der Waals surface area contributed by atoms with E-state index in [1.165, 1.54) is 24.4 Å². The largest absolute Gasteiger partial charge is 0.393 e. The van der Waals surface area contributed by atoms with E-state index < -0.39 is 0 Å². The van der Waals surface area contributed by atoms with Crippen molar-refractivity contribution in [3.05, 3.63) is 6.33 Å². The van der Waals surface area contributed by atoms with Gasteiger partial charge in [0.15, 0.2) is 4.34 Å². The first kappa shape index (κ1) is 10.4. The molecule has 1 aliphatic rings. The molecule has 0 spiro atoms. The Morgan fingerprint density at radius 3 is 3.21 bits per heavy atom. The van der Waals surface area contributed by atoms with Gasteiger partial charge in [-0.2, -0.15) is 4.37 Å². The molecule has 5 heteroatoms. The SMILES string of the molecule is OC1CCCC(CSc2ncns2)C1. The summed E-state index contributed by atoms with van der Waals surface area (Å²) < 4.78 is 5.01. The number of aliphatic hydroxyl groups excluding tert-OH is 1. The van der Waals surface area contributed by atoms with Gasteiger partial charge in [-0.25, -0.2) is 4.98 Å². The summed E-state index contributed by atoms with van der Waals surface area (Å²) in [6, 6.07) is 0. The van der Waals surface area contributed by atoms with Gasteiger partial charge in [-0.1, -0.05) is 18.2 Å². The minimum absolute atomic E-state index is 0.0660. The molecule has 2 atom stereocenters. The molecular weight excluding hydrogens is 216 g/mol. The number of aromatic nitrogens is 2. The highest BCUT2D eigenvalue weighted by atomic mass is 32.2. The molecule has 2 rings (SSSR count). The van der Waals surface area contributed by atoms with Crippen LogP contribution in [0, 0.1) is 5.92 Å². The average molecular weight is 230 g/mol. The van der Waals surface area contributed by atoms with Crippen molar-refractivity contribution in [3.8, 4) is 0 Å². The van der Waals surface area contributed by atoms with E-state index in [4.69, 9.17) is 0 Å². The van der Waals surface area contributed by atoms with Gasteiger partial charge in [0.05, 0.1) is 6.10 Å². The summed E-state index contributed by atoms with van der Waals surface area (Å²) in [5.74, 6) is 1.74.